The van der Waals surface area contributed by atoms with Crippen molar-refractivity contribution in [2.75, 3.05) is 4.90 Å². The van der Waals surface area contributed by atoms with Gasteiger partial charge in [-0.2, -0.15) is 0 Å². The molecule has 0 fully saturated rings. The summed E-state index contributed by atoms with van der Waals surface area (Å²) < 4.78 is 2.44. The third-order valence-electron chi connectivity index (χ3n) is 13.8. The van der Waals surface area contributed by atoms with Gasteiger partial charge in [0.15, 0.2) is 0 Å². The zero-order valence-electron chi connectivity index (χ0n) is 37.3. The molecule has 0 saturated carbocycles. The molecule has 0 unspecified atom stereocenters. The predicted molar refractivity (Wildman–Crippen MR) is 290 cm³/mol. The first-order valence-electron chi connectivity index (χ1n) is 23.4. The van der Waals surface area contributed by atoms with Crippen molar-refractivity contribution in [3.05, 3.63) is 267 Å². The quantitative estimate of drug-likeness (QED) is 0.138. The first-order chi connectivity index (χ1) is 33.7. The molecular weight excluding hydrogens is 821 g/mol. The van der Waals surface area contributed by atoms with Crippen molar-refractivity contribution in [2.24, 2.45) is 0 Å². The lowest BCUT2D eigenvalue weighted by Gasteiger charge is -2.29. The molecule has 0 atom stereocenters. The van der Waals surface area contributed by atoms with E-state index in [2.05, 4.69) is 276 Å². The lowest BCUT2D eigenvalue weighted by molar-refractivity contribution is 1.18. The van der Waals surface area contributed by atoms with Gasteiger partial charge in [0.2, 0.25) is 0 Å². The number of benzene rings is 12. The van der Waals surface area contributed by atoms with E-state index in [0.29, 0.717) is 0 Å². The summed E-state index contributed by atoms with van der Waals surface area (Å²) in [7, 11) is 0. The molecule has 2 nitrogen and oxygen atoms in total. The minimum atomic E-state index is 1.07. The Hall–Kier alpha value is -8.98. The highest BCUT2D eigenvalue weighted by molar-refractivity contribution is 6.15. The molecule has 2 heteroatoms. The highest BCUT2D eigenvalue weighted by atomic mass is 15.1. The fraction of sp³-hybridized carbons (Fsp3) is 0. The van der Waals surface area contributed by atoms with Gasteiger partial charge >= 0.3 is 0 Å². The average Bonchev–Trinajstić information content (AvgIpc) is 3.75. The van der Waals surface area contributed by atoms with Crippen molar-refractivity contribution in [2.45, 2.75) is 0 Å². The van der Waals surface area contributed by atoms with Gasteiger partial charge in [0.05, 0.1) is 22.4 Å². The molecule has 0 amide bonds. The summed E-state index contributed by atoms with van der Waals surface area (Å²) in [5, 5.41) is 9.93. The Morgan fingerprint density at radius 1 is 0.250 bits per heavy atom. The van der Waals surface area contributed by atoms with Crippen LogP contribution in [0, 0.1) is 0 Å². The molecule has 0 bridgehead atoms. The van der Waals surface area contributed by atoms with Gasteiger partial charge in [0.1, 0.15) is 0 Å². The zero-order valence-corrected chi connectivity index (χ0v) is 37.3. The Balaban J connectivity index is 1.04. The molecule has 0 spiro atoms. The van der Waals surface area contributed by atoms with Crippen molar-refractivity contribution in [1.29, 1.82) is 0 Å². The van der Waals surface area contributed by atoms with Crippen LogP contribution in [0.3, 0.4) is 0 Å². The lowest BCUT2D eigenvalue weighted by atomic mass is 9.91. The van der Waals surface area contributed by atoms with Crippen LogP contribution in [-0.4, -0.2) is 4.57 Å². The van der Waals surface area contributed by atoms with Crippen LogP contribution in [0.25, 0.3) is 104 Å². The van der Waals surface area contributed by atoms with Crippen LogP contribution < -0.4 is 4.90 Å². The number of nitrogens with zero attached hydrogens (tertiary/aromatic N) is 2. The molecule has 0 N–H and O–H groups in total. The van der Waals surface area contributed by atoms with Crippen molar-refractivity contribution >= 4 is 71.2 Å². The second-order valence-electron chi connectivity index (χ2n) is 17.6. The SMILES string of the molecule is c1ccc(-c2cc(N(c3ccc(-c4ccc5ccccc5c4)cc3)c3ccccc3-c3cc4ccccc4c4ccccc34)ccc2-c2ccccc2-n2c3ccccc3c3ccccc32)cc1. The van der Waals surface area contributed by atoms with E-state index in [4.69, 9.17) is 0 Å². The average molecular weight is 865 g/mol. The topological polar surface area (TPSA) is 8.17 Å². The molecule has 0 aliphatic carbocycles. The maximum atomic E-state index is 2.46. The molecule has 1 aromatic heterocycles. The van der Waals surface area contributed by atoms with Crippen LogP contribution in [-0.2, 0) is 0 Å². The molecular formula is C66H44N2. The van der Waals surface area contributed by atoms with E-state index in [1.54, 1.807) is 0 Å². The maximum Gasteiger partial charge on any atom is 0.0541 e. The standard InChI is InChI=1S/C66H44N2/c1-2-19-47(20-3-1)61-44-52(40-41-56(61)57-26-10-15-31-64(57)68-65-32-16-11-27-58(65)59-28-12-17-33-66(59)68)67(51-38-36-46(37-39-51)49-35-34-45-18-4-5-21-48(45)42-49)63-30-14-13-29-60(63)62-43-50-22-6-7-23-53(50)54-24-8-9-25-55(54)62/h1-44H. The van der Waals surface area contributed by atoms with Gasteiger partial charge in [-0.3, -0.25) is 0 Å². The Bertz CT molecular complexity index is 3980. The van der Waals surface area contributed by atoms with Crippen LogP contribution in [0.1, 0.15) is 0 Å². The smallest absolute Gasteiger partial charge is 0.0541 e. The Kier molecular flexibility index (Phi) is 9.54. The number of hydrogen-bond acceptors (Lipinski definition) is 1. The largest absolute Gasteiger partial charge is 0.310 e. The van der Waals surface area contributed by atoms with E-state index < -0.39 is 0 Å². The van der Waals surface area contributed by atoms with Gasteiger partial charge in [-0.05, 0) is 126 Å². The van der Waals surface area contributed by atoms with Gasteiger partial charge in [0, 0.05) is 33.3 Å². The molecule has 0 saturated heterocycles. The van der Waals surface area contributed by atoms with Gasteiger partial charge in [-0.15, -0.1) is 0 Å². The first kappa shape index (κ1) is 39.4. The summed E-state index contributed by atoms with van der Waals surface area (Å²) in [4.78, 5) is 2.46. The third-order valence-corrected chi connectivity index (χ3v) is 13.8. The first-order valence-corrected chi connectivity index (χ1v) is 23.4. The van der Waals surface area contributed by atoms with Crippen LogP contribution in [0.5, 0.6) is 0 Å². The lowest BCUT2D eigenvalue weighted by Crippen LogP contribution is -2.11. The normalized spacial score (nSPS) is 11.5. The molecule has 68 heavy (non-hydrogen) atoms. The Morgan fingerprint density at radius 3 is 1.57 bits per heavy atom. The van der Waals surface area contributed by atoms with Gasteiger partial charge in [-0.1, -0.05) is 206 Å². The van der Waals surface area contributed by atoms with Crippen molar-refractivity contribution in [3.63, 3.8) is 0 Å². The highest BCUT2D eigenvalue weighted by Crippen LogP contribution is 2.47. The maximum absolute atomic E-state index is 2.46. The molecule has 1 heterocycles. The monoisotopic (exact) mass is 864 g/mol. The number of para-hydroxylation sites is 4. The Morgan fingerprint density at radius 2 is 0.809 bits per heavy atom. The fourth-order valence-corrected chi connectivity index (χ4v) is 10.6. The third kappa shape index (κ3) is 6.65. The molecule has 0 aliphatic rings. The number of hydrogen-bond donors (Lipinski definition) is 0. The van der Waals surface area contributed by atoms with Crippen LogP contribution in [0.4, 0.5) is 17.1 Å². The summed E-state index contributed by atoms with van der Waals surface area (Å²) in [5.41, 5.74) is 16.1. The Labute approximate surface area is 395 Å². The van der Waals surface area contributed by atoms with E-state index in [-0.39, 0.29) is 0 Å². The summed E-state index contributed by atoms with van der Waals surface area (Å²) >= 11 is 0. The number of aromatic nitrogens is 1. The second-order valence-corrected chi connectivity index (χ2v) is 17.6. The molecule has 12 aromatic carbocycles. The number of fused-ring (bicyclic) bond motifs is 7. The minimum absolute atomic E-state index is 1.07. The van der Waals surface area contributed by atoms with E-state index in [1.165, 1.54) is 76.4 Å². The van der Waals surface area contributed by atoms with E-state index >= 15 is 0 Å². The minimum Gasteiger partial charge on any atom is -0.310 e. The van der Waals surface area contributed by atoms with E-state index in [1.807, 2.05) is 0 Å². The van der Waals surface area contributed by atoms with Gasteiger partial charge in [0.25, 0.3) is 0 Å². The molecule has 13 aromatic rings. The summed E-state index contributed by atoms with van der Waals surface area (Å²) in [6.45, 7) is 0. The van der Waals surface area contributed by atoms with Crippen molar-refractivity contribution in [1.82, 2.24) is 4.57 Å². The van der Waals surface area contributed by atoms with Crippen molar-refractivity contribution < 1.29 is 0 Å². The summed E-state index contributed by atoms with van der Waals surface area (Å²) in [6.07, 6.45) is 0. The number of rotatable bonds is 8. The molecule has 0 radical (unpaired) electrons. The molecule has 13 rings (SSSR count). The summed E-state index contributed by atoms with van der Waals surface area (Å²) in [5.74, 6) is 0. The summed E-state index contributed by atoms with van der Waals surface area (Å²) in [6, 6.07) is 97.7. The highest BCUT2D eigenvalue weighted by Gasteiger charge is 2.23. The van der Waals surface area contributed by atoms with Gasteiger partial charge < -0.3 is 9.47 Å². The van der Waals surface area contributed by atoms with Crippen LogP contribution >= 0.6 is 0 Å². The van der Waals surface area contributed by atoms with E-state index in [9.17, 15) is 0 Å². The molecule has 0 aliphatic heterocycles. The predicted octanol–water partition coefficient (Wildman–Crippen LogP) is 18.4. The fourth-order valence-electron chi connectivity index (χ4n) is 10.6. The number of anilines is 3. The van der Waals surface area contributed by atoms with Gasteiger partial charge in [-0.25, -0.2) is 0 Å². The van der Waals surface area contributed by atoms with Crippen LogP contribution in [0.2, 0.25) is 0 Å². The zero-order chi connectivity index (χ0) is 45.0. The van der Waals surface area contributed by atoms with E-state index in [0.717, 1.165) is 45.0 Å². The van der Waals surface area contributed by atoms with Crippen molar-refractivity contribution in [3.8, 4) is 50.2 Å². The second kappa shape index (κ2) is 16.5. The van der Waals surface area contributed by atoms with Crippen LogP contribution in [0.15, 0.2) is 267 Å². The molecule has 318 valence electrons.